The minimum Gasteiger partial charge on any atom is -0.480 e. The summed E-state index contributed by atoms with van der Waals surface area (Å²) in [5, 5.41) is 29.4. The summed E-state index contributed by atoms with van der Waals surface area (Å²) in [5.74, 6) is -3.11. The highest BCUT2D eigenvalue weighted by molar-refractivity contribution is 5.94. The maximum Gasteiger partial charge on any atom is 0.326 e. The molecule has 0 aliphatic carbocycles. The lowest BCUT2D eigenvalue weighted by Gasteiger charge is -2.33. The van der Waals surface area contributed by atoms with Gasteiger partial charge in [-0.25, -0.2) is 4.79 Å². The van der Waals surface area contributed by atoms with Crippen LogP contribution < -0.4 is 21.7 Å². The van der Waals surface area contributed by atoms with Crippen molar-refractivity contribution in [2.45, 2.75) is 102 Å². The van der Waals surface area contributed by atoms with Crippen LogP contribution in [-0.2, 0) is 36.8 Å². The number of carbonyl (C=O) groups is 5. The molecule has 2 aromatic rings. The van der Waals surface area contributed by atoms with E-state index in [-0.39, 0.29) is 18.9 Å². The molecule has 2 aromatic carbocycles. The molecule has 2 aliphatic rings. The SMILES string of the molecule is CC(C)[C@H](NC(=O)[C@@H](N)Cc1ccccc1)C(O)N[C@@H](C)C(=O)N1CCC[C@H]1C(=O)N[C@@H](Cc1ccccc1)C(=O)N1CCCC1C(=O)O. The van der Waals surface area contributed by atoms with E-state index >= 15 is 0 Å². The highest BCUT2D eigenvalue weighted by Crippen LogP contribution is 2.22. The van der Waals surface area contributed by atoms with Crippen LogP contribution in [0.4, 0.5) is 0 Å². The van der Waals surface area contributed by atoms with E-state index in [1.165, 1.54) is 9.80 Å². The average Bonchev–Trinajstić information content (AvgIpc) is 3.78. The molecule has 7 atom stereocenters. The molecule has 2 fully saturated rings. The number of carbonyl (C=O) groups excluding carboxylic acids is 4. The largest absolute Gasteiger partial charge is 0.480 e. The number of amides is 4. The number of aliphatic hydroxyl groups excluding tert-OH is 1. The summed E-state index contributed by atoms with van der Waals surface area (Å²) in [6.07, 6.45) is 1.03. The molecule has 266 valence electrons. The van der Waals surface area contributed by atoms with Gasteiger partial charge in [-0.15, -0.1) is 0 Å². The highest BCUT2D eigenvalue weighted by Gasteiger charge is 2.41. The molecule has 2 aliphatic heterocycles. The van der Waals surface area contributed by atoms with Gasteiger partial charge in [0.15, 0.2) is 0 Å². The Balaban J connectivity index is 1.40. The van der Waals surface area contributed by atoms with Gasteiger partial charge in [0.2, 0.25) is 23.6 Å². The summed E-state index contributed by atoms with van der Waals surface area (Å²) in [7, 11) is 0. The van der Waals surface area contributed by atoms with Crippen LogP contribution in [0.1, 0.15) is 57.6 Å². The fourth-order valence-electron chi connectivity index (χ4n) is 6.63. The Bertz CT molecular complexity index is 1440. The van der Waals surface area contributed by atoms with Crippen molar-refractivity contribution in [2.75, 3.05) is 13.1 Å². The molecular formula is C36H50N6O7. The molecule has 13 heteroatoms. The van der Waals surface area contributed by atoms with Crippen molar-refractivity contribution in [2.24, 2.45) is 11.7 Å². The molecule has 4 amide bonds. The van der Waals surface area contributed by atoms with Crippen LogP contribution in [0.2, 0.25) is 0 Å². The van der Waals surface area contributed by atoms with Gasteiger partial charge in [-0.3, -0.25) is 24.5 Å². The number of nitrogens with zero attached hydrogens (tertiary/aromatic N) is 2. The van der Waals surface area contributed by atoms with Crippen LogP contribution in [0.5, 0.6) is 0 Å². The first kappa shape index (κ1) is 37.5. The molecule has 2 saturated heterocycles. The van der Waals surface area contributed by atoms with Crippen molar-refractivity contribution in [3.05, 3.63) is 71.8 Å². The number of rotatable bonds is 15. The van der Waals surface area contributed by atoms with Crippen molar-refractivity contribution in [1.29, 1.82) is 0 Å². The van der Waals surface area contributed by atoms with Crippen LogP contribution in [0.25, 0.3) is 0 Å². The molecule has 0 bridgehead atoms. The van der Waals surface area contributed by atoms with E-state index in [1.54, 1.807) is 6.92 Å². The third kappa shape index (κ3) is 9.87. The van der Waals surface area contributed by atoms with Gasteiger partial charge in [-0.05, 0) is 56.1 Å². The van der Waals surface area contributed by atoms with Crippen LogP contribution in [0.15, 0.2) is 60.7 Å². The minimum absolute atomic E-state index is 0.163. The zero-order valence-corrected chi connectivity index (χ0v) is 28.5. The lowest BCUT2D eigenvalue weighted by molar-refractivity contribution is -0.149. The Hall–Kier alpha value is -4.33. The molecule has 13 nitrogen and oxygen atoms in total. The Morgan fingerprint density at radius 3 is 1.88 bits per heavy atom. The maximum absolute atomic E-state index is 13.7. The first-order chi connectivity index (χ1) is 23.4. The number of nitrogens with two attached hydrogens (primary N) is 1. The molecule has 0 spiro atoms. The maximum atomic E-state index is 13.7. The number of likely N-dealkylation sites (tertiary alicyclic amines) is 2. The second-order valence-corrected chi connectivity index (χ2v) is 13.4. The number of aliphatic hydroxyl groups is 1. The first-order valence-corrected chi connectivity index (χ1v) is 17.1. The number of benzene rings is 2. The Morgan fingerprint density at radius 2 is 1.33 bits per heavy atom. The van der Waals surface area contributed by atoms with E-state index in [0.29, 0.717) is 38.6 Å². The molecule has 2 unspecified atom stereocenters. The van der Waals surface area contributed by atoms with Crippen molar-refractivity contribution >= 4 is 29.6 Å². The molecule has 0 aromatic heterocycles. The van der Waals surface area contributed by atoms with Crippen molar-refractivity contribution < 1.29 is 34.2 Å². The summed E-state index contributed by atoms with van der Waals surface area (Å²) >= 11 is 0. The topological polar surface area (TPSA) is 194 Å². The summed E-state index contributed by atoms with van der Waals surface area (Å²) < 4.78 is 0. The summed E-state index contributed by atoms with van der Waals surface area (Å²) in [4.78, 5) is 68.6. The Morgan fingerprint density at radius 1 is 0.796 bits per heavy atom. The van der Waals surface area contributed by atoms with E-state index in [4.69, 9.17) is 5.73 Å². The van der Waals surface area contributed by atoms with Gasteiger partial charge in [0, 0.05) is 19.5 Å². The average molecular weight is 679 g/mol. The number of hydrogen-bond donors (Lipinski definition) is 6. The van der Waals surface area contributed by atoms with Gasteiger partial charge >= 0.3 is 5.97 Å². The molecule has 49 heavy (non-hydrogen) atoms. The molecule has 7 N–H and O–H groups in total. The molecule has 4 rings (SSSR count). The number of carboxylic acids is 1. The third-order valence-electron chi connectivity index (χ3n) is 9.35. The second kappa shape index (κ2) is 17.4. The van der Waals surface area contributed by atoms with Crippen LogP contribution >= 0.6 is 0 Å². The minimum atomic E-state index is -1.29. The zero-order chi connectivity index (χ0) is 35.7. The zero-order valence-electron chi connectivity index (χ0n) is 28.5. The highest BCUT2D eigenvalue weighted by atomic mass is 16.4. The monoisotopic (exact) mass is 678 g/mol. The van der Waals surface area contributed by atoms with Gasteiger partial charge in [0.1, 0.15) is 24.4 Å². The summed E-state index contributed by atoms with van der Waals surface area (Å²) in [6.45, 7) is 5.84. The lowest BCUT2D eigenvalue weighted by atomic mass is 10.00. The fraction of sp³-hybridized carbons (Fsp3) is 0.528. The summed E-state index contributed by atoms with van der Waals surface area (Å²) in [6, 6.07) is 13.2. The molecular weight excluding hydrogens is 628 g/mol. The summed E-state index contributed by atoms with van der Waals surface area (Å²) in [5.41, 5.74) is 7.87. The Kier molecular flexibility index (Phi) is 13.3. The van der Waals surface area contributed by atoms with E-state index < -0.39 is 72.1 Å². The molecule has 0 saturated carbocycles. The van der Waals surface area contributed by atoms with Gasteiger partial charge in [-0.2, -0.15) is 0 Å². The predicted octanol–water partition coefficient (Wildman–Crippen LogP) is 0.788. The van der Waals surface area contributed by atoms with Crippen LogP contribution in [-0.4, -0.2) is 105 Å². The van der Waals surface area contributed by atoms with Crippen molar-refractivity contribution in [1.82, 2.24) is 25.8 Å². The standard InChI is InChI=1S/C36H50N6O7/c1-22(2)30(40-31(43)26(37)20-24-12-6-4-7-13-24)33(45)38-23(3)34(46)41-18-10-16-28(41)32(44)39-27(21-25-14-8-5-9-15-25)35(47)42-19-11-17-29(42)36(48)49/h4-9,12-15,22-23,26-30,33,38,45H,10-11,16-21,37H2,1-3H3,(H,39,44)(H,40,43)(H,48,49)/t23-,26-,27-,28-,29?,30-,33?/m0/s1. The van der Waals surface area contributed by atoms with Gasteiger partial charge in [0.05, 0.1) is 18.1 Å². The Labute approximate surface area is 287 Å². The molecule has 0 radical (unpaired) electrons. The van der Waals surface area contributed by atoms with E-state index in [0.717, 1.165) is 11.1 Å². The van der Waals surface area contributed by atoms with E-state index in [1.807, 2.05) is 74.5 Å². The number of carboxylic acid groups (broad SMARTS) is 1. The normalized spacial score (nSPS) is 20.7. The number of hydrogen-bond acceptors (Lipinski definition) is 8. The quantitative estimate of drug-likeness (QED) is 0.148. The van der Waals surface area contributed by atoms with Crippen molar-refractivity contribution in [3.8, 4) is 0 Å². The van der Waals surface area contributed by atoms with E-state index in [9.17, 15) is 34.2 Å². The fourth-order valence-corrected chi connectivity index (χ4v) is 6.63. The van der Waals surface area contributed by atoms with Crippen molar-refractivity contribution in [3.63, 3.8) is 0 Å². The van der Waals surface area contributed by atoms with E-state index in [2.05, 4.69) is 16.0 Å². The predicted molar refractivity (Wildman–Crippen MR) is 183 cm³/mol. The van der Waals surface area contributed by atoms with Crippen LogP contribution in [0, 0.1) is 5.92 Å². The first-order valence-electron chi connectivity index (χ1n) is 17.1. The molecule has 2 heterocycles. The smallest absolute Gasteiger partial charge is 0.326 e. The number of nitrogens with one attached hydrogen (secondary N) is 3. The van der Waals surface area contributed by atoms with Gasteiger partial charge < -0.3 is 36.4 Å². The number of aliphatic carboxylic acids is 1. The van der Waals surface area contributed by atoms with Gasteiger partial charge in [-0.1, -0.05) is 74.5 Å². The third-order valence-corrected chi connectivity index (χ3v) is 9.35. The lowest BCUT2D eigenvalue weighted by Crippen LogP contribution is -2.60. The van der Waals surface area contributed by atoms with Gasteiger partial charge in [0.25, 0.3) is 0 Å². The van der Waals surface area contributed by atoms with Crippen LogP contribution in [0.3, 0.4) is 0 Å². The second-order valence-electron chi connectivity index (χ2n) is 13.4.